The second kappa shape index (κ2) is 5.40. The largest absolute Gasteiger partial charge is 0.379 e. The molecular formula is C15H22ClN3O. The third-order valence-electron chi connectivity index (χ3n) is 4.10. The Balaban J connectivity index is 1.79. The molecule has 2 aliphatic rings. The summed E-state index contributed by atoms with van der Waals surface area (Å²) < 4.78 is 1.46. The van der Waals surface area contributed by atoms with Crippen LogP contribution in [-0.2, 0) is 6.54 Å². The maximum absolute atomic E-state index is 12.2. The van der Waals surface area contributed by atoms with E-state index < -0.39 is 0 Å². The summed E-state index contributed by atoms with van der Waals surface area (Å²) in [4.78, 5) is 12.2. The molecular weight excluding hydrogens is 274 g/mol. The van der Waals surface area contributed by atoms with Crippen molar-refractivity contribution in [2.24, 2.45) is 17.8 Å². The lowest BCUT2D eigenvalue weighted by atomic mass is 10.1. The fourth-order valence-electron chi connectivity index (χ4n) is 2.75. The van der Waals surface area contributed by atoms with Gasteiger partial charge in [0.15, 0.2) is 0 Å². The number of hydrogen-bond donors (Lipinski definition) is 1. The monoisotopic (exact) mass is 295 g/mol. The Kier molecular flexibility index (Phi) is 3.76. The number of anilines is 1. The first-order chi connectivity index (χ1) is 9.56. The van der Waals surface area contributed by atoms with Crippen LogP contribution in [0.2, 0.25) is 5.02 Å². The minimum Gasteiger partial charge on any atom is -0.379 e. The average molecular weight is 296 g/mol. The molecule has 1 aromatic rings. The lowest BCUT2D eigenvalue weighted by Crippen LogP contribution is -2.29. The van der Waals surface area contributed by atoms with Crippen molar-refractivity contribution in [3.8, 4) is 0 Å². The van der Waals surface area contributed by atoms with E-state index in [1.165, 1.54) is 30.4 Å². The molecule has 1 heterocycles. The smallest absolute Gasteiger partial charge is 0.287 e. The van der Waals surface area contributed by atoms with Gasteiger partial charge in [0.1, 0.15) is 5.02 Å². The molecule has 0 radical (unpaired) electrons. The van der Waals surface area contributed by atoms with Gasteiger partial charge in [0.2, 0.25) is 0 Å². The van der Waals surface area contributed by atoms with Crippen molar-refractivity contribution in [3.05, 3.63) is 21.6 Å². The van der Waals surface area contributed by atoms with E-state index in [0.717, 1.165) is 11.8 Å². The van der Waals surface area contributed by atoms with Crippen molar-refractivity contribution >= 4 is 17.3 Å². The molecule has 0 aliphatic heterocycles. The van der Waals surface area contributed by atoms with E-state index >= 15 is 0 Å². The summed E-state index contributed by atoms with van der Waals surface area (Å²) in [6.45, 7) is 4.72. The van der Waals surface area contributed by atoms with E-state index in [9.17, 15) is 4.79 Å². The lowest BCUT2D eigenvalue weighted by molar-refractivity contribution is 0.463. The Morgan fingerprint density at radius 1 is 1.35 bits per heavy atom. The van der Waals surface area contributed by atoms with E-state index in [1.54, 1.807) is 6.20 Å². The summed E-state index contributed by atoms with van der Waals surface area (Å²) in [5.41, 5.74) is 0.524. The second-order valence-corrected chi connectivity index (χ2v) is 6.98. The van der Waals surface area contributed by atoms with Crippen molar-refractivity contribution in [2.45, 2.75) is 52.1 Å². The summed E-state index contributed by atoms with van der Waals surface area (Å²) in [6, 6.07) is 0.481. The van der Waals surface area contributed by atoms with Crippen LogP contribution in [0.3, 0.4) is 0 Å². The molecule has 0 spiro atoms. The van der Waals surface area contributed by atoms with Gasteiger partial charge in [0.25, 0.3) is 5.56 Å². The molecule has 5 heteroatoms. The fourth-order valence-corrected chi connectivity index (χ4v) is 2.95. The predicted octanol–water partition coefficient (Wildman–Crippen LogP) is 3.15. The SMILES string of the molecule is CC(C)Cn1ncc(NC(C2CC2)C2CC2)c(Cl)c1=O. The van der Waals surface area contributed by atoms with Gasteiger partial charge in [-0.25, -0.2) is 4.68 Å². The quantitative estimate of drug-likeness (QED) is 0.877. The zero-order chi connectivity index (χ0) is 14.3. The lowest BCUT2D eigenvalue weighted by Gasteiger charge is -2.20. The maximum Gasteiger partial charge on any atom is 0.287 e. The zero-order valence-corrected chi connectivity index (χ0v) is 12.9. The molecule has 20 heavy (non-hydrogen) atoms. The van der Waals surface area contributed by atoms with Crippen LogP contribution in [0.15, 0.2) is 11.0 Å². The molecule has 110 valence electrons. The molecule has 0 aromatic carbocycles. The van der Waals surface area contributed by atoms with Gasteiger partial charge in [-0.2, -0.15) is 5.10 Å². The van der Waals surface area contributed by atoms with Crippen molar-refractivity contribution in [1.29, 1.82) is 0 Å². The molecule has 4 nitrogen and oxygen atoms in total. The average Bonchev–Trinajstić information content (AvgIpc) is 3.26. The van der Waals surface area contributed by atoms with Crippen LogP contribution in [-0.4, -0.2) is 15.8 Å². The Morgan fingerprint density at radius 3 is 2.45 bits per heavy atom. The highest BCUT2D eigenvalue weighted by atomic mass is 35.5. The molecule has 2 aliphatic carbocycles. The van der Waals surface area contributed by atoms with Gasteiger partial charge >= 0.3 is 0 Å². The number of aromatic nitrogens is 2. The standard InChI is InChI=1S/C15H22ClN3O/c1-9(2)8-19-15(20)13(16)12(7-17-19)18-14(10-3-4-10)11-5-6-11/h7,9-11,14,18H,3-6,8H2,1-2H3. The Bertz CT molecular complexity index is 535. The molecule has 0 unspecified atom stereocenters. The van der Waals surface area contributed by atoms with Crippen LogP contribution < -0.4 is 10.9 Å². The van der Waals surface area contributed by atoms with Gasteiger partial charge in [0.05, 0.1) is 11.9 Å². The van der Waals surface area contributed by atoms with E-state index in [1.807, 2.05) is 0 Å². The topological polar surface area (TPSA) is 46.9 Å². The van der Waals surface area contributed by atoms with E-state index in [-0.39, 0.29) is 10.6 Å². The van der Waals surface area contributed by atoms with Gasteiger partial charge in [-0.3, -0.25) is 4.79 Å². The fraction of sp³-hybridized carbons (Fsp3) is 0.733. The molecule has 1 aromatic heterocycles. The van der Waals surface area contributed by atoms with Gasteiger partial charge < -0.3 is 5.32 Å². The minimum absolute atomic E-state index is 0.185. The van der Waals surface area contributed by atoms with Gasteiger partial charge in [-0.15, -0.1) is 0 Å². The number of nitrogens with zero attached hydrogens (tertiary/aromatic N) is 2. The van der Waals surface area contributed by atoms with Crippen LogP contribution in [0, 0.1) is 17.8 Å². The third-order valence-corrected chi connectivity index (χ3v) is 4.47. The van der Waals surface area contributed by atoms with E-state index in [2.05, 4.69) is 24.3 Å². The molecule has 0 atom stereocenters. The van der Waals surface area contributed by atoms with Crippen molar-refractivity contribution in [2.75, 3.05) is 5.32 Å². The first-order valence-corrected chi connectivity index (χ1v) is 7.96. The van der Waals surface area contributed by atoms with Crippen LogP contribution in [0.1, 0.15) is 39.5 Å². The van der Waals surface area contributed by atoms with Crippen molar-refractivity contribution < 1.29 is 0 Å². The molecule has 0 bridgehead atoms. The van der Waals surface area contributed by atoms with Crippen LogP contribution in [0.25, 0.3) is 0 Å². The first-order valence-electron chi connectivity index (χ1n) is 7.58. The second-order valence-electron chi connectivity index (χ2n) is 6.60. The molecule has 2 saturated carbocycles. The van der Waals surface area contributed by atoms with E-state index in [0.29, 0.717) is 24.2 Å². The molecule has 2 fully saturated rings. The zero-order valence-electron chi connectivity index (χ0n) is 12.1. The van der Waals surface area contributed by atoms with Crippen LogP contribution in [0.5, 0.6) is 0 Å². The number of nitrogens with one attached hydrogen (secondary N) is 1. The highest BCUT2D eigenvalue weighted by molar-refractivity contribution is 6.32. The maximum atomic E-state index is 12.2. The number of rotatable bonds is 6. The summed E-state index contributed by atoms with van der Waals surface area (Å²) in [5, 5.41) is 8.02. The van der Waals surface area contributed by atoms with Crippen LogP contribution in [0.4, 0.5) is 5.69 Å². The third kappa shape index (κ3) is 3.00. The van der Waals surface area contributed by atoms with Gasteiger partial charge in [0, 0.05) is 12.6 Å². The van der Waals surface area contributed by atoms with Gasteiger partial charge in [-0.1, -0.05) is 25.4 Å². The number of hydrogen-bond acceptors (Lipinski definition) is 3. The first kappa shape index (κ1) is 13.9. The minimum atomic E-state index is -0.185. The molecule has 0 saturated heterocycles. The molecule has 1 N–H and O–H groups in total. The normalized spacial score (nSPS) is 18.9. The Labute approximate surface area is 124 Å². The van der Waals surface area contributed by atoms with Gasteiger partial charge in [-0.05, 0) is 43.4 Å². The van der Waals surface area contributed by atoms with Crippen molar-refractivity contribution in [3.63, 3.8) is 0 Å². The highest BCUT2D eigenvalue weighted by Crippen LogP contribution is 2.46. The Morgan fingerprint density at radius 2 is 1.95 bits per heavy atom. The molecule has 0 amide bonds. The Hall–Kier alpha value is -1.03. The van der Waals surface area contributed by atoms with E-state index in [4.69, 9.17) is 11.6 Å². The van der Waals surface area contributed by atoms with Crippen molar-refractivity contribution in [1.82, 2.24) is 9.78 Å². The summed E-state index contributed by atoms with van der Waals surface area (Å²) in [5.74, 6) is 1.90. The summed E-state index contributed by atoms with van der Waals surface area (Å²) in [6.07, 6.45) is 6.89. The van der Waals surface area contributed by atoms with Crippen LogP contribution >= 0.6 is 11.6 Å². The highest BCUT2D eigenvalue weighted by Gasteiger charge is 2.41. The predicted molar refractivity (Wildman–Crippen MR) is 81.2 cm³/mol. The summed E-state index contributed by atoms with van der Waals surface area (Å²) >= 11 is 6.24. The number of halogens is 1. The summed E-state index contributed by atoms with van der Waals surface area (Å²) in [7, 11) is 0. The molecule has 3 rings (SSSR count).